The molecule has 0 aromatic heterocycles. The highest BCUT2D eigenvalue weighted by atomic mass is 32.2. The molecule has 17 heavy (non-hydrogen) atoms. The van der Waals surface area contributed by atoms with E-state index in [9.17, 15) is 8.42 Å². The van der Waals surface area contributed by atoms with Gasteiger partial charge in [0.05, 0.1) is 5.75 Å². The van der Waals surface area contributed by atoms with Crippen molar-refractivity contribution < 1.29 is 17.7 Å². The predicted molar refractivity (Wildman–Crippen MR) is 68.9 cm³/mol. The molecule has 0 radical (unpaired) electrons. The Morgan fingerprint density at radius 1 is 1.06 bits per heavy atom. The standard InChI is InChI=1S/C11H25NO4S/c1-2-16-10-7-9-12-8-5-3-4-6-11-17(13,14)15/h12H,2-11H2,1H3,(H,13,14,15). The van der Waals surface area contributed by atoms with E-state index in [1.807, 2.05) is 6.92 Å². The summed E-state index contributed by atoms with van der Waals surface area (Å²) in [4.78, 5) is 0. The first-order valence-corrected chi connectivity index (χ1v) is 7.91. The van der Waals surface area contributed by atoms with Gasteiger partial charge in [0.1, 0.15) is 0 Å². The molecule has 0 atom stereocenters. The second-order valence-corrected chi connectivity index (χ2v) is 5.57. The van der Waals surface area contributed by atoms with Crippen LogP contribution in [0.2, 0.25) is 0 Å². The zero-order valence-electron chi connectivity index (χ0n) is 10.7. The monoisotopic (exact) mass is 267 g/mol. The van der Waals surface area contributed by atoms with E-state index in [-0.39, 0.29) is 5.75 Å². The molecule has 0 unspecified atom stereocenters. The molecule has 0 aliphatic carbocycles. The molecule has 0 aromatic carbocycles. The first kappa shape index (κ1) is 16.8. The van der Waals surface area contributed by atoms with Crippen molar-refractivity contribution in [2.24, 2.45) is 0 Å². The Labute approximate surface area is 105 Å². The van der Waals surface area contributed by atoms with Crippen molar-refractivity contribution in [3.05, 3.63) is 0 Å². The van der Waals surface area contributed by atoms with Crippen LogP contribution in [0.4, 0.5) is 0 Å². The number of nitrogens with one attached hydrogen (secondary N) is 1. The van der Waals surface area contributed by atoms with E-state index in [1.165, 1.54) is 0 Å². The average molecular weight is 267 g/mol. The van der Waals surface area contributed by atoms with Crippen molar-refractivity contribution in [1.82, 2.24) is 5.32 Å². The van der Waals surface area contributed by atoms with Crippen LogP contribution >= 0.6 is 0 Å². The summed E-state index contributed by atoms with van der Waals surface area (Å²) in [7, 11) is -3.76. The Morgan fingerprint density at radius 2 is 1.71 bits per heavy atom. The first-order valence-electron chi connectivity index (χ1n) is 6.30. The molecule has 0 aliphatic rings. The maximum absolute atomic E-state index is 10.4. The van der Waals surface area contributed by atoms with Gasteiger partial charge in [0.25, 0.3) is 10.1 Å². The molecule has 0 saturated heterocycles. The fourth-order valence-electron chi connectivity index (χ4n) is 1.46. The molecular weight excluding hydrogens is 242 g/mol. The number of unbranched alkanes of at least 4 members (excludes halogenated alkanes) is 3. The summed E-state index contributed by atoms with van der Waals surface area (Å²) < 4.78 is 34.6. The molecule has 0 spiro atoms. The Hall–Kier alpha value is -0.170. The minimum Gasteiger partial charge on any atom is -0.382 e. The van der Waals surface area contributed by atoms with Crippen LogP contribution in [0, 0.1) is 0 Å². The lowest BCUT2D eigenvalue weighted by atomic mass is 10.2. The summed E-state index contributed by atoms with van der Waals surface area (Å²) in [5, 5.41) is 3.30. The van der Waals surface area contributed by atoms with Crippen molar-refractivity contribution >= 4 is 10.1 Å². The summed E-state index contributed by atoms with van der Waals surface area (Å²) in [5.41, 5.74) is 0. The summed E-state index contributed by atoms with van der Waals surface area (Å²) in [5.74, 6) is -0.116. The Morgan fingerprint density at radius 3 is 2.35 bits per heavy atom. The molecule has 0 amide bonds. The minimum atomic E-state index is -3.76. The van der Waals surface area contributed by atoms with Crippen LogP contribution in [0.5, 0.6) is 0 Å². The smallest absolute Gasteiger partial charge is 0.264 e. The third kappa shape index (κ3) is 15.8. The third-order valence-electron chi connectivity index (χ3n) is 2.35. The fraction of sp³-hybridized carbons (Fsp3) is 1.00. The van der Waals surface area contributed by atoms with Gasteiger partial charge in [0.15, 0.2) is 0 Å². The van der Waals surface area contributed by atoms with Crippen molar-refractivity contribution in [2.75, 3.05) is 32.1 Å². The van der Waals surface area contributed by atoms with Crippen LogP contribution in [0.3, 0.4) is 0 Å². The zero-order valence-corrected chi connectivity index (χ0v) is 11.5. The van der Waals surface area contributed by atoms with Gasteiger partial charge < -0.3 is 10.1 Å². The largest absolute Gasteiger partial charge is 0.382 e. The molecule has 0 fully saturated rings. The van der Waals surface area contributed by atoms with Crippen LogP contribution in [0.25, 0.3) is 0 Å². The van der Waals surface area contributed by atoms with Gasteiger partial charge in [-0.25, -0.2) is 0 Å². The molecule has 0 aliphatic heterocycles. The van der Waals surface area contributed by atoms with Crippen LogP contribution in [-0.2, 0) is 14.9 Å². The van der Waals surface area contributed by atoms with Gasteiger partial charge >= 0.3 is 0 Å². The highest BCUT2D eigenvalue weighted by molar-refractivity contribution is 7.85. The van der Waals surface area contributed by atoms with Crippen LogP contribution < -0.4 is 5.32 Å². The summed E-state index contributed by atoms with van der Waals surface area (Å²) >= 11 is 0. The first-order chi connectivity index (χ1) is 8.06. The van der Waals surface area contributed by atoms with Crippen molar-refractivity contribution in [1.29, 1.82) is 0 Å². The Bertz CT molecular complexity index is 254. The molecule has 0 heterocycles. The summed E-state index contributed by atoms with van der Waals surface area (Å²) in [6.45, 7) is 5.48. The normalized spacial score (nSPS) is 11.9. The Kier molecular flexibility index (Phi) is 10.8. The zero-order chi connectivity index (χ0) is 13.0. The van der Waals surface area contributed by atoms with Crippen LogP contribution in [0.15, 0.2) is 0 Å². The van der Waals surface area contributed by atoms with Gasteiger partial charge in [-0.1, -0.05) is 12.8 Å². The topological polar surface area (TPSA) is 75.6 Å². The maximum Gasteiger partial charge on any atom is 0.264 e. The SMILES string of the molecule is CCOCCCNCCCCCCS(=O)(=O)O. The molecule has 0 aromatic rings. The lowest BCUT2D eigenvalue weighted by Gasteiger charge is -2.04. The summed E-state index contributed by atoms with van der Waals surface area (Å²) in [6.07, 6.45) is 4.45. The molecular formula is C11H25NO4S. The second-order valence-electron chi connectivity index (χ2n) is 4.00. The van der Waals surface area contributed by atoms with E-state index in [0.29, 0.717) is 6.42 Å². The third-order valence-corrected chi connectivity index (χ3v) is 3.16. The highest BCUT2D eigenvalue weighted by Crippen LogP contribution is 2.00. The lowest BCUT2D eigenvalue weighted by molar-refractivity contribution is 0.145. The van der Waals surface area contributed by atoms with Crippen LogP contribution in [0.1, 0.15) is 39.0 Å². The molecule has 104 valence electrons. The van der Waals surface area contributed by atoms with E-state index >= 15 is 0 Å². The van der Waals surface area contributed by atoms with Gasteiger partial charge in [-0.15, -0.1) is 0 Å². The van der Waals surface area contributed by atoms with Crippen LogP contribution in [-0.4, -0.2) is 45.0 Å². The second kappa shape index (κ2) is 11.0. The molecule has 0 rings (SSSR count). The van der Waals surface area contributed by atoms with E-state index in [1.54, 1.807) is 0 Å². The van der Waals surface area contributed by atoms with E-state index in [2.05, 4.69) is 5.32 Å². The van der Waals surface area contributed by atoms with Crippen molar-refractivity contribution in [2.45, 2.75) is 39.0 Å². The fourth-order valence-corrected chi connectivity index (χ4v) is 2.03. The predicted octanol–water partition coefficient (Wildman–Crippen LogP) is 1.45. The van der Waals surface area contributed by atoms with Crippen molar-refractivity contribution in [3.8, 4) is 0 Å². The van der Waals surface area contributed by atoms with Gasteiger partial charge in [-0.2, -0.15) is 8.42 Å². The van der Waals surface area contributed by atoms with Gasteiger partial charge in [0, 0.05) is 13.2 Å². The molecule has 6 heteroatoms. The average Bonchev–Trinajstić information content (AvgIpc) is 2.24. The van der Waals surface area contributed by atoms with Gasteiger partial charge in [-0.3, -0.25) is 4.55 Å². The summed E-state index contributed by atoms with van der Waals surface area (Å²) in [6, 6.07) is 0. The molecule has 0 saturated carbocycles. The van der Waals surface area contributed by atoms with Gasteiger partial charge in [0.2, 0.25) is 0 Å². The van der Waals surface area contributed by atoms with Gasteiger partial charge in [-0.05, 0) is 39.3 Å². The number of hydrogen-bond acceptors (Lipinski definition) is 4. The van der Waals surface area contributed by atoms with E-state index < -0.39 is 10.1 Å². The quantitative estimate of drug-likeness (QED) is 0.413. The number of hydrogen-bond donors (Lipinski definition) is 2. The van der Waals surface area contributed by atoms with E-state index in [4.69, 9.17) is 9.29 Å². The minimum absolute atomic E-state index is 0.116. The lowest BCUT2D eigenvalue weighted by Crippen LogP contribution is -2.18. The molecule has 5 nitrogen and oxygen atoms in total. The number of rotatable bonds is 12. The molecule has 0 bridgehead atoms. The Balaban J connectivity index is 3.04. The van der Waals surface area contributed by atoms with E-state index in [0.717, 1.165) is 52.0 Å². The van der Waals surface area contributed by atoms with Crippen molar-refractivity contribution in [3.63, 3.8) is 0 Å². The molecule has 2 N–H and O–H groups in total. The highest BCUT2D eigenvalue weighted by Gasteiger charge is 2.02. The maximum atomic E-state index is 10.4. The number of ether oxygens (including phenoxy) is 1.